The van der Waals surface area contributed by atoms with Crippen LogP contribution in [0.15, 0.2) is 0 Å². The zero-order valence-corrected chi connectivity index (χ0v) is 25.2. The van der Waals surface area contributed by atoms with Crippen LogP contribution in [0.1, 0.15) is 61.8 Å². The zero-order valence-electron chi connectivity index (χ0n) is 22.5. The number of aliphatic hydroxyl groups is 1. The van der Waals surface area contributed by atoms with Gasteiger partial charge in [-0.3, -0.25) is 4.79 Å². The molecule has 34 heavy (non-hydrogen) atoms. The molecule has 4 atom stereocenters. The molecule has 2 aliphatic rings. The number of ketones is 1. The Morgan fingerprint density at radius 2 is 1.41 bits per heavy atom. The van der Waals surface area contributed by atoms with E-state index in [1.54, 1.807) is 51.6 Å². The van der Waals surface area contributed by atoms with Crippen LogP contribution in [0.3, 0.4) is 0 Å². The minimum atomic E-state index is -2.43. The predicted octanol–water partition coefficient (Wildman–Crippen LogP) is 4.81. The summed E-state index contributed by atoms with van der Waals surface area (Å²) < 4.78 is 30.5. The van der Waals surface area contributed by atoms with Gasteiger partial charge in [0.1, 0.15) is 18.3 Å². The SMILES string of the molecule is COC(OC)[C@H](O[Si](C(C)C)(C(C)C)C(C)C)[C@@H]1OC(C)(C)O[C@H]([C@H](O)C2SCCCS2)C1=O. The predicted molar refractivity (Wildman–Crippen MR) is 142 cm³/mol. The van der Waals surface area contributed by atoms with Crippen LogP contribution >= 0.6 is 23.5 Å². The van der Waals surface area contributed by atoms with Gasteiger partial charge in [0.2, 0.25) is 8.32 Å². The molecule has 2 heterocycles. The third-order valence-electron chi connectivity index (χ3n) is 6.90. The summed E-state index contributed by atoms with van der Waals surface area (Å²) in [5, 5.41) is 11.2. The maximum atomic E-state index is 13.9. The molecule has 0 saturated carbocycles. The zero-order chi connectivity index (χ0) is 25.8. The maximum absolute atomic E-state index is 13.9. The van der Waals surface area contributed by atoms with Crippen molar-refractivity contribution in [3.8, 4) is 0 Å². The lowest BCUT2D eigenvalue weighted by Crippen LogP contribution is -2.65. The average Bonchev–Trinajstić information content (AvgIpc) is 2.77. The Kier molecular flexibility index (Phi) is 11.4. The van der Waals surface area contributed by atoms with Crippen LogP contribution < -0.4 is 0 Å². The number of methoxy groups -OCH3 is 2. The van der Waals surface area contributed by atoms with Crippen molar-refractivity contribution >= 4 is 37.6 Å². The Morgan fingerprint density at radius 3 is 1.85 bits per heavy atom. The summed E-state index contributed by atoms with van der Waals surface area (Å²) in [6.45, 7) is 16.7. The van der Waals surface area contributed by atoms with E-state index in [1.165, 1.54) is 0 Å². The second kappa shape index (κ2) is 12.7. The van der Waals surface area contributed by atoms with Gasteiger partial charge in [0.25, 0.3) is 0 Å². The Balaban J connectivity index is 2.48. The first-order valence-corrected chi connectivity index (χ1v) is 16.6. The summed E-state index contributed by atoms with van der Waals surface area (Å²) >= 11 is 3.36. The second-order valence-corrected chi connectivity index (χ2v) is 18.8. The number of ether oxygens (including phenoxy) is 4. The van der Waals surface area contributed by atoms with E-state index in [0.29, 0.717) is 16.6 Å². The Bertz CT molecular complexity index is 629. The highest BCUT2D eigenvalue weighted by Gasteiger charge is 2.55. The van der Waals surface area contributed by atoms with Gasteiger partial charge >= 0.3 is 0 Å². The number of hydrogen-bond donors (Lipinski definition) is 1. The number of Topliss-reactive ketones (excluding diaryl/α,β-unsaturated/α-hetero) is 1. The van der Waals surface area contributed by atoms with E-state index in [4.69, 9.17) is 23.4 Å². The van der Waals surface area contributed by atoms with Crippen LogP contribution in [0.5, 0.6) is 0 Å². The fourth-order valence-corrected chi connectivity index (χ4v) is 13.9. The molecule has 0 aromatic carbocycles. The topological polar surface area (TPSA) is 83.5 Å². The molecule has 2 aliphatic heterocycles. The van der Waals surface area contributed by atoms with Crippen molar-refractivity contribution in [2.75, 3.05) is 25.7 Å². The van der Waals surface area contributed by atoms with E-state index in [-0.39, 0.29) is 10.4 Å². The lowest BCUT2D eigenvalue weighted by molar-refractivity contribution is -0.311. The molecule has 1 N–H and O–H groups in total. The average molecular weight is 539 g/mol. The minimum Gasteiger partial charge on any atom is -0.405 e. The molecule has 0 aromatic heterocycles. The highest BCUT2D eigenvalue weighted by atomic mass is 32.2. The molecular weight excluding hydrogens is 492 g/mol. The number of hydrogen-bond acceptors (Lipinski definition) is 9. The second-order valence-electron chi connectivity index (χ2n) is 10.6. The van der Waals surface area contributed by atoms with Gasteiger partial charge in [0.05, 0.1) is 4.58 Å². The van der Waals surface area contributed by atoms with Gasteiger partial charge in [-0.2, -0.15) is 0 Å². The molecule has 0 radical (unpaired) electrons. The summed E-state index contributed by atoms with van der Waals surface area (Å²) in [6, 6.07) is 0. The number of carbonyl (C=O) groups excluding carboxylic acids is 1. The monoisotopic (exact) mass is 538 g/mol. The van der Waals surface area contributed by atoms with Crippen molar-refractivity contribution in [3.63, 3.8) is 0 Å². The largest absolute Gasteiger partial charge is 0.405 e. The van der Waals surface area contributed by atoms with Crippen molar-refractivity contribution in [1.29, 1.82) is 0 Å². The number of carbonyl (C=O) groups is 1. The third-order valence-corrected chi connectivity index (χ3v) is 16.1. The first-order chi connectivity index (χ1) is 15.8. The highest BCUT2D eigenvalue weighted by Crippen LogP contribution is 2.45. The molecule has 0 aliphatic carbocycles. The van der Waals surface area contributed by atoms with Gasteiger partial charge in [0.15, 0.2) is 24.0 Å². The molecule has 2 saturated heterocycles. The summed E-state index contributed by atoms with van der Waals surface area (Å²) in [4.78, 5) is 13.9. The van der Waals surface area contributed by atoms with E-state index in [1.807, 2.05) is 0 Å². The van der Waals surface area contributed by atoms with Crippen LogP contribution in [-0.4, -0.2) is 86.0 Å². The van der Waals surface area contributed by atoms with Crippen molar-refractivity contribution in [2.45, 2.75) is 120 Å². The molecule has 2 rings (SSSR count). The Morgan fingerprint density at radius 1 is 0.941 bits per heavy atom. The van der Waals surface area contributed by atoms with Crippen LogP contribution in [0, 0.1) is 0 Å². The van der Waals surface area contributed by atoms with Gasteiger partial charge in [-0.25, -0.2) is 0 Å². The molecular formula is C24H46O7S2Si. The van der Waals surface area contributed by atoms with Crippen LogP contribution in [-0.2, 0) is 28.2 Å². The fourth-order valence-electron chi connectivity index (χ4n) is 5.50. The van der Waals surface area contributed by atoms with Crippen molar-refractivity contribution < 1.29 is 33.3 Å². The third kappa shape index (κ3) is 6.61. The summed E-state index contributed by atoms with van der Waals surface area (Å²) in [5.41, 5.74) is 0.885. The van der Waals surface area contributed by atoms with E-state index in [2.05, 4.69) is 41.5 Å². The summed E-state index contributed by atoms with van der Waals surface area (Å²) in [7, 11) is 0.661. The molecule has 200 valence electrons. The molecule has 7 nitrogen and oxygen atoms in total. The molecule has 0 spiro atoms. The Hall–Kier alpha value is 0.347. The van der Waals surface area contributed by atoms with Crippen LogP contribution in [0.2, 0.25) is 16.6 Å². The number of thioether (sulfide) groups is 2. The quantitative estimate of drug-likeness (QED) is 0.294. The fraction of sp³-hybridized carbons (Fsp3) is 0.958. The standard InChI is InChI=1S/C24H46O7S2Si/c1-14(2)34(15(3)4,16(5)6)31-21(22(27-9)28-10)20-17(25)19(29-24(7,8)30-20)18(26)23-32-12-11-13-33-23/h14-16,18-23,26H,11-13H2,1-10H3/t18-,19-,20+,21+/m0/s1. The molecule has 0 bridgehead atoms. The van der Waals surface area contributed by atoms with Crippen molar-refractivity contribution in [2.24, 2.45) is 0 Å². The lowest BCUT2D eigenvalue weighted by atomic mass is 9.98. The smallest absolute Gasteiger partial charge is 0.201 e. The molecule has 10 heteroatoms. The first-order valence-electron chi connectivity index (χ1n) is 12.4. The highest BCUT2D eigenvalue weighted by molar-refractivity contribution is 8.17. The summed E-state index contributed by atoms with van der Waals surface area (Å²) in [5.74, 6) is 0.526. The van der Waals surface area contributed by atoms with Gasteiger partial charge in [-0.15, -0.1) is 23.5 Å². The van der Waals surface area contributed by atoms with Gasteiger partial charge in [0, 0.05) is 14.2 Å². The van der Waals surface area contributed by atoms with Crippen LogP contribution in [0.25, 0.3) is 0 Å². The van der Waals surface area contributed by atoms with Gasteiger partial charge in [-0.05, 0) is 48.4 Å². The minimum absolute atomic E-state index is 0.118. The lowest BCUT2D eigenvalue weighted by Gasteiger charge is -2.50. The molecule has 2 fully saturated rings. The maximum Gasteiger partial charge on any atom is 0.201 e. The van der Waals surface area contributed by atoms with E-state index < -0.39 is 44.8 Å². The van der Waals surface area contributed by atoms with E-state index in [0.717, 1.165) is 17.9 Å². The van der Waals surface area contributed by atoms with E-state index in [9.17, 15) is 9.90 Å². The van der Waals surface area contributed by atoms with E-state index >= 15 is 0 Å². The van der Waals surface area contributed by atoms with Crippen molar-refractivity contribution in [1.82, 2.24) is 0 Å². The normalized spacial score (nSPS) is 26.6. The number of rotatable bonds is 11. The molecule has 0 unspecified atom stereocenters. The van der Waals surface area contributed by atoms with Crippen LogP contribution in [0.4, 0.5) is 0 Å². The Labute approximate surface area is 215 Å². The van der Waals surface area contributed by atoms with Crippen molar-refractivity contribution in [3.05, 3.63) is 0 Å². The molecule has 0 amide bonds. The van der Waals surface area contributed by atoms with Gasteiger partial charge in [-0.1, -0.05) is 41.5 Å². The first kappa shape index (κ1) is 30.6. The number of aliphatic hydroxyl groups excluding tert-OH is 1. The van der Waals surface area contributed by atoms with Gasteiger partial charge < -0.3 is 28.5 Å². The summed E-state index contributed by atoms with van der Waals surface area (Å²) in [6.07, 6.45) is -3.44. The molecule has 0 aromatic rings.